The number of hydrogen-bond donors (Lipinski definition) is 3. The zero-order valence-electron chi connectivity index (χ0n) is 11.0. The van der Waals surface area contributed by atoms with Crippen LogP contribution in [0.25, 0.3) is 5.69 Å². The van der Waals surface area contributed by atoms with E-state index in [0.29, 0.717) is 5.69 Å². The lowest BCUT2D eigenvalue weighted by molar-refractivity contribution is -0.137. The van der Waals surface area contributed by atoms with Crippen molar-refractivity contribution in [2.75, 3.05) is 18.5 Å². The summed E-state index contributed by atoms with van der Waals surface area (Å²) in [6.07, 6.45) is -2.08. The van der Waals surface area contributed by atoms with Gasteiger partial charge in [-0.25, -0.2) is 0 Å². The van der Waals surface area contributed by atoms with E-state index in [2.05, 4.69) is 5.32 Å². The van der Waals surface area contributed by atoms with Crippen LogP contribution in [0.5, 0.6) is 0 Å². The topological polar surface area (TPSA) is 57.4 Å². The molecule has 114 valence electrons. The van der Waals surface area contributed by atoms with E-state index in [0.717, 1.165) is 12.1 Å². The predicted octanol–water partition coefficient (Wildman–Crippen LogP) is 2.26. The number of aromatic nitrogens is 1. The van der Waals surface area contributed by atoms with Crippen LogP contribution in [0.3, 0.4) is 0 Å². The fourth-order valence-electron chi connectivity index (χ4n) is 1.87. The Morgan fingerprint density at radius 2 is 1.86 bits per heavy atom. The lowest BCUT2D eigenvalue weighted by Crippen LogP contribution is -2.23. The minimum absolute atomic E-state index is 0.0495. The zero-order valence-corrected chi connectivity index (χ0v) is 11.0. The van der Waals surface area contributed by atoms with Gasteiger partial charge in [-0.3, -0.25) is 0 Å². The first-order valence-electron chi connectivity index (χ1n) is 6.29. The van der Waals surface area contributed by atoms with Crippen LogP contribution < -0.4 is 5.32 Å². The van der Waals surface area contributed by atoms with Crippen molar-refractivity contribution in [2.24, 2.45) is 0 Å². The van der Waals surface area contributed by atoms with Gasteiger partial charge < -0.3 is 20.1 Å². The van der Waals surface area contributed by atoms with Gasteiger partial charge in [0, 0.05) is 18.9 Å². The molecule has 1 heterocycles. The van der Waals surface area contributed by atoms with Crippen molar-refractivity contribution >= 4 is 5.69 Å². The van der Waals surface area contributed by atoms with E-state index < -0.39 is 24.5 Å². The highest BCUT2D eigenvalue weighted by Crippen LogP contribution is 2.33. The van der Waals surface area contributed by atoms with Crippen LogP contribution in [-0.2, 0) is 6.18 Å². The van der Waals surface area contributed by atoms with Gasteiger partial charge in [-0.1, -0.05) is 0 Å². The lowest BCUT2D eigenvalue weighted by atomic mass is 10.1. The molecule has 3 N–H and O–H groups in total. The summed E-state index contributed by atoms with van der Waals surface area (Å²) in [5, 5.41) is 20.8. The molecule has 1 aromatic heterocycles. The molecule has 0 saturated heterocycles. The maximum Gasteiger partial charge on any atom is 0.416 e. The Labute approximate surface area is 119 Å². The molecule has 1 aromatic carbocycles. The SMILES string of the molecule is OCC(O)CNc1cc(C(F)(F)F)ccc1-n1cccc1. The van der Waals surface area contributed by atoms with Crippen LogP contribution >= 0.6 is 0 Å². The first kappa shape index (κ1) is 15.4. The molecule has 2 aromatic rings. The Kier molecular flexibility index (Phi) is 4.54. The maximum absolute atomic E-state index is 12.8. The van der Waals surface area contributed by atoms with Crippen molar-refractivity contribution in [1.82, 2.24) is 4.57 Å². The quantitative estimate of drug-likeness (QED) is 0.794. The highest BCUT2D eigenvalue weighted by Gasteiger charge is 2.31. The molecule has 0 aliphatic carbocycles. The Morgan fingerprint density at radius 3 is 2.43 bits per heavy atom. The van der Waals surface area contributed by atoms with Crippen LogP contribution in [0.4, 0.5) is 18.9 Å². The van der Waals surface area contributed by atoms with Gasteiger partial charge in [0.25, 0.3) is 0 Å². The molecule has 4 nitrogen and oxygen atoms in total. The Hall–Kier alpha value is -1.99. The number of benzene rings is 1. The van der Waals surface area contributed by atoms with Crippen molar-refractivity contribution in [3.8, 4) is 5.69 Å². The first-order valence-corrected chi connectivity index (χ1v) is 6.29. The van der Waals surface area contributed by atoms with E-state index in [1.165, 1.54) is 6.07 Å². The van der Waals surface area contributed by atoms with Crippen LogP contribution in [0.15, 0.2) is 42.7 Å². The van der Waals surface area contributed by atoms with Crippen LogP contribution in [0.1, 0.15) is 5.56 Å². The number of rotatable bonds is 5. The Morgan fingerprint density at radius 1 is 1.19 bits per heavy atom. The van der Waals surface area contributed by atoms with Crippen LogP contribution in [0.2, 0.25) is 0 Å². The number of nitrogens with zero attached hydrogens (tertiary/aromatic N) is 1. The predicted molar refractivity (Wildman–Crippen MR) is 72.4 cm³/mol. The average Bonchev–Trinajstić information content (AvgIpc) is 2.97. The second-order valence-electron chi connectivity index (χ2n) is 4.54. The van der Waals surface area contributed by atoms with Gasteiger partial charge in [-0.2, -0.15) is 13.2 Å². The van der Waals surface area contributed by atoms with Gasteiger partial charge in [0.05, 0.1) is 29.6 Å². The third kappa shape index (κ3) is 3.77. The molecule has 1 atom stereocenters. The summed E-state index contributed by atoms with van der Waals surface area (Å²) in [4.78, 5) is 0. The van der Waals surface area contributed by atoms with E-state index in [1.807, 2.05) is 0 Å². The smallest absolute Gasteiger partial charge is 0.394 e. The number of hydrogen-bond acceptors (Lipinski definition) is 3. The average molecular weight is 300 g/mol. The minimum atomic E-state index is -4.44. The van der Waals surface area contributed by atoms with E-state index >= 15 is 0 Å². The van der Waals surface area contributed by atoms with E-state index in [1.54, 1.807) is 29.1 Å². The lowest BCUT2D eigenvalue weighted by Gasteiger charge is -2.17. The van der Waals surface area contributed by atoms with Crippen LogP contribution in [0, 0.1) is 0 Å². The summed E-state index contributed by atoms with van der Waals surface area (Å²) in [7, 11) is 0. The summed E-state index contributed by atoms with van der Waals surface area (Å²) >= 11 is 0. The van der Waals surface area contributed by atoms with Gasteiger partial charge >= 0.3 is 6.18 Å². The Bertz CT molecular complexity index is 582. The molecular weight excluding hydrogens is 285 g/mol. The maximum atomic E-state index is 12.8. The molecule has 0 radical (unpaired) electrons. The standard InChI is InChI=1S/C14H15F3N2O2/c15-14(16,17)10-3-4-13(19-5-1-2-6-19)12(7-10)18-8-11(21)9-20/h1-7,11,18,20-21H,8-9H2. The van der Waals surface area contributed by atoms with Crippen molar-refractivity contribution in [2.45, 2.75) is 12.3 Å². The van der Waals surface area contributed by atoms with Crippen LogP contribution in [-0.4, -0.2) is 34.0 Å². The summed E-state index contributed by atoms with van der Waals surface area (Å²) in [6, 6.07) is 6.85. The van der Waals surface area contributed by atoms with Gasteiger partial charge in [0.1, 0.15) is 0 Å². The molecule has 2 rings (SSSR count). The number of aliphatic hydroxyl groups is 2. The van der Waals surface area contributed by atoms with Crippen molar-refractivity contribution in [1.29, 1.82) is 0 Å². The summed E-state index contributed by atoms with van der Waals surface area (Å²) in [6.45, 7) is -0.517. The fourth-order valence-corrected chi connectivity index (χ4v) is 1.87. The number of halogens is 3. The highest BCUT2D eigenvalue weighted by atomic mass is 19.4. The molecule has 0 aliphatic heterocycles. The molecule has 7 heteroatoms. The zero-order chi connectivity index (χ0) is 15.5. The largest absolute Gasteiger partial charge is 0.416 e. The monoisotopic (exact) mass is 300 g/mol. The van der Waals surface area contributed by atoms with E-state index in [9.17, 15) is 18.3 Å². The van der Waals surface area contributed by atoms with Crippen molar-refractivity contribution in [3.63, 3.8) is 0 Å². The third-order valence-electron chi connectivity index (χ3n) is 2.95. The molecule has 0 bridgehead atoms. The normalized spacial score (nSPS) is 13.2. The van der Waals surface area contributed by atoms with Gasteiger partial charge in [0.2, 0.25) is 0 Å². The second kappa shape index (κ2) is 6.19. The summed E-state index contributed by atoms with van der Waals surface area (Å²) < 4.78 is 40.0. The summed E-state index contributed by atoms with van der Waals surface area (Å²) in [5.41, 5.74) is -0.0222. The molecular formula is C14H15F3N2O2. The molecule has 0 saturated carbocycles. The molecule has 0 fully saturated rings. The highest BCUT2D eigenvalue weighted by molar-refractivity contribution is 5.63. The van der Waals surface area contributed by atoms with E-state index in [-0.39, 0.29) is 12.2 Å². The molecule has 0 aliphatic rings. The third-order valence-corrected chi connectivity index (χ3v) is 2.95. The molecule has 0 spiro atoms. The summed E-state index contributed by atoms with van der Waals surface area (Å²) in [5.74, 6) is 0. The van der Waals surface area contributed by atoms with Crippen molar-refractivity contribution in [3.05, 3.63) is 48.3 Å². The molecule has 21 heavy (non-hydrogen) atoms. The Balaban J connectivity index is 2.36. The number of anilines is 1. The number of aliphatic hydroxyl groups excluding tert-OH is 2. The van der Waals surface area contributed by atoms with Crippen molar-refractivity contribution < 1.29 is 23.4 Å². The fraction of sp³-hybridized carbons (Fsp3) is 0.286. The molecule has 0 amide bonds. The number of nitrogens with one attached hydrogen (secondary N) is 1. The first-order chi connectivity index (χ1) is 9.91. The van der Waals surface area contributed by atoms with E-state index in [4.69, 9.17) is 5.11 Å². The van der Waals surface area contributed by atoms with Gasteiger partial charge in [-0.05, 0) is 30.3 Å². The minimum Gasteiger partial charge on any atom is -0.394 e. The number of alkyl halides is 3. The second-order valence-corrected chi connectivity index (χ2v) is 4.54. The van der Waals surface area contributed by atoms with Gasteiger partial charge in [-0.15, -0.1) is 0 Å². The van der Waals surface area contributed by atoms with Gasteiger partial charge in [0.15, 0.2) is 0 Å². The molecule has 1 unspecified atom stereocenters.